The van der Waals surface area contributed by atoms with Crippen molar-refractivity contribution in [2.24, 2.45) is 5.92 Å². The Morgan fingerprint density at radius 2 is 1.92 bits per heavy atom. The van der Waals surface area contributed by atoms with Gasteiger partial charge < -0.3 is 14.7 Å². The maximum atomic E-state index is 12.0. The molecule has 25 heavy (non-hydrogen) atoms. The summed E-state index contributed by atoms with van der Waals surface area (Å²) in [6, 6.07) is 6.12. The number of carbonyl (C=O) groups excluding carboxylic acids is 1. The van der Waals surface area contributed by atoms with Crippen molar-refractivity contribution >= 4 is 34.1 Å². The number of sulfone groups is 1. The summed E-state index contributed by atoms with van der Waals surface area (Å²) in [7, 11) is -3.22. The minimum atomic E-state index is -3.22. The van der Waals surface area contributed by atoms with Gasteiger partial charge in [0.15, 0.2) is 9.84 Å². The number of benzene rings is 1. The van der Waals surface area contributed by atoms with Crippen molar-refractivity contribution in [3.63, 3.8) is 0 Å². The number of nitrogens with zero attached hydrogens (tertiary/aromatic N) is 1. The van der Waals surface area contributed by atoms with Crippen molar-refractivity contribution in [3.05, 3.63) is 24.3 Å². The molecule has 0 saturated carbocycles. The molecule has 1 unspecified atom stereocenters. The highest BCUT2D eigenvalue weighted by atomic mass is 35.5. The monoisotopic (exact) mass is 391 g/mol. The van der Waals surface area contributed by atoms with E-state index in [1.807, 2.05) is 0 Å². The van der Waals surface area contributed by atoms with Gasteiger partial charge in [0.1, 0.15) is 5.75 Å². The molecule has 1 heterocycles. The van der Waals surface area contributed by atoms with Gasteiger partial charge in [0.05, 0.1) is 17.4 Å². The predicted octanol–water partition coefficient (Wildman–Crippen LogP) is 1.60. The van der Waals surface area contributed by atoms with E-state index in [2.05, 4.69) is 0 Å². The molecular weight excluding hydrogens is 370 g/mol. The van der Waals surface area contributed by atoms with Gasteiger partial charge in [0, 0.05) is 25.8 Å². The molecule has 0 bridgehead atoms. The Labute approximate surface area is 153 Å². The second-order valence-electron chi connectivity index (χ2n) is 5.86. The minimum Gasteiger partial charge on any atom is -0.494 e. The Balaban J connectivity index is 0.00000312. The Bertz CT molecular complexity index is 704. The standard InChI is InChI=1S/C16H21NO6S.ClH/c1-24(21,22)14-6-4-13(5-7-14)23-10-2-3-15(18)17-9-8-12(11-17)16(19)20;/h4-7,12H,2-3,8-11H2,1H3,(H,19,20);1H. The van der Waals surface area contributed by atoms with E-state index in [4.69, 9.17) is 9.84 Å². The van der Waals surface area contributed by atoms with E-state index >= 15 is 0 Å². The van der Waals surface area contributed by atoms with Crippen LogP contribution in [0.1, 0.15) is 19.3 Å². The summed E-state index contributed by atoms with van der Waals surface area (Å²) < 4.78 is 28.2. The summed E-state index contributed by atoms with van der Waals surface area (Å²) in [6.07, 6.45) is 2.46. The highest BCUT2D eigenvalue weighted by molar-refractivity contribution is 7.90. The Hall–Kier alpha value is -1.80. The van der Waals surface area contributed by atoms with E-state index < -0.39 is 21.7 Å². The SMILES string of the molecule is CS(=O)(=O)c1ccc(OCCCC(=O)N2CCC(C(=O)O)C2)cc1.Cl. The second kappa shape index (κ2) is 9.05. The average Bonchev–Trinajstić information content (AvgIpc) is 3.01. The molecule has 0 spiro atoms. The minimum absolute atomic E-state index is 0. The zero-order valence-electron chi connectivity index (χ0n) is 13.9. The normalized spacial score (nSPS) is 17.0. The third-order valence-electron chi connectivity index (χ3n) is 3.95. The van der Waals surface area contributed by atoms with E-state index in [-0.39, 0.29) is 29.8 Å². The van der Waals surface area contributed by atoms with Gasteiger partial charge >= 0.3 is 5.97 Å². The maximum Gasteiger partial charge on any atom is 0.308 e. The van der Waals surface area contributed by atoms with Gasteiger partial charge in [-0.2, -0.15) is 0 Å². The first-order chi connectivity index (χ1) is 11.3. The molecule has 0 aromatic heterocycles. The highest BCUT2D eigenvalue weighted by Gasteiger charge is 2.30. The Morgan fingerprint density at radius 3 is 2.44 bits per heavy atom. The third kappa shape index (κ3) is 6.21. The van der Waals surface area contributed by atoms with Crippen molar-refractivity contribution < 1.29 is 27.9 Å². The van der Waals surface area contributed by atoms with Gasteiger partial charge in [0.25, 0.3) is 0 Å². The van der Waals surface area contributed by atoms with E-state index in [9.17, 15) is 18.0 Å². The van der Waals surface area contributed by atoms with Crippen molar-refractivity contribution in [2.75, 3.05) is 26.0 Å². The number of ether oxygens (including phenoxy) is 1. The molecule has 140 valence electrons. The molecule has 1 atom stereocenters. The van der Waals surface area contributed by atoms with Gasteiger partial charge in [-0.25, -0.2) is 8.42 Å². The first-order valence-electron chi connectivity index (χ1n) is 7.71. The first kappa shape index (κ1) is 21.2. The molecule has 1 aromatic rings. The zero-order chi connectivity index (χ0) is 17.7. The number of carbonyl (C=O) groups is 2. The lowest BCUT2D eigenvalue weighted by atomic mass is 10.1. The molecule has 1 amide bonds. The maximum absolute atomic E-state index is 12.0. The van der Waals surface area contributed by atoms with Crippen molar-refractivity contribution in [3.8, 4) is 5.75 Å². The molecule has 1 aliphatic rings. The molecule has 7 nitrogen and oxygen atoms in total. The van der Waals surface area contributed by atoms with Crippen molar-refractivity contribution in [1.82, 2.24) is 4.90 Å². The smallest absolute Gasteiger partial charge is 0.308 e. The predicted molar refractivity (Wildman–Crippen MR) is 93.9 cm³/mol. The number of halogens is 1. The lowest BCUT2D eigenvalue weighted by molar-refractivity contribution is -0.141. The van der Waals surface area contributed by atoms with Crippen LogP contribution >= 0.6 is 12.4 Å². The van der Waals surface area contributed by atoms with Crippen LogP contribution in [0, 0.1) is 5.92 Å². The Morgan fingerprint density at radius 1 is 1.28 bits per heavy atom. The number of aliphatic carboxylic acids is 1. The molecule has 1 fully saturated rings. The summed E-state index contributed by atoms with van der Waals surface area (Å²) in [4.78, 5) is 24.7. The van der Waals surface area contributed by atoms with Crippen LogP contribution in [0.15, 0.2) is 29.2 Å². The zero-order valence-corrected chi connectivity index (χ0v) is 15.5. The topological polar surface area (TPSA) is 101 Å². The average molecular weight is 392 g/mol. The van der Waals surface area contributed by atoms with Crippen LogP contribution in [0.5, 0.6) is 5.75 Å². The van der Waals surface area contributed by atoms with E-state index in [0.29, 0.717) is 38.2 Å². The second-order valence-corrected chi connectivity index (χ2v) is 7.87. The fourth-order valence-corrected chi connectivity index (χ4v) is 3.17. The van der Waals surface area contributed by atoms with Crippen LogP contribution in [0.25, 0.3) is 0 Å². The number of amides is 1. The van der Waals surface area contributed by atoms with Gasteiger partial charge in [-0.3, -0.25) is 9.59 Å². The van der Waals surface area contributed by atoms with E-state index in [0.717, 1.165) is 6.26 Å². The van der Waals surface area contributed by atoms with E-state index in [1.165, 1.54) is 12.1 Å². The van der Waals surface area contributed by atoms with Crippen LogP contribution < -0.4 is 4.74 Å². The lowest BCUT2D eigenvalue weighted by Crippen LogP contribution is -2.30. The summed E-state index contributed by atoms with van der Waals surface area (Å²) in [5.74, 6) is -0.832. The fourth-order valence-electron chi connectivity index (χ4n) is 2.54. The Kier molecular flexibility index (Phi) is 7.69. The number of carboxylic acid groups (broad SMARTS) is 1. The van der Waals surface area contributed by atoms with Crippen LogP contribution in [0.2, 0.25) is 0 Å². The fraction of sp³-hybridized carbons (Fsp3) is 0.500. The van der Waals surface area contributed by atoms with E-state index in [1.54, 1.807) is 17.0 Å². The lowest BCUT2D eigenvalue weighted by Gasteiger charge is -2.15. The van der Waals surface area contributed by atoms with Crippen LogP contribution in [-0.2, 0) is 19.4 Å². The summed E-state index contributed by atoms with van der Waals surface area (Å²) >= 11 is 0. The molecular formula is C16H22ClNO6S. The molecule has 1 aromatic carbocycles. The first-order valence-corrected chi connectivity index (χ1v) is 9.60. The van der Waals surface area contributed by atoms with Crippen molar-refractivity contribution in [1.29, 1.82) is 0 Å². The van der Waals surface area contributed by atoms with Gasteiger partial charge in [-0.1, -0.05) is 0 Å². The largest absolute Gasteiger partial charge is 0.494 e. The summed E-state index contributed by atoms with van der Waals surface area (Å²) in [5.41, 5.74) is 0. The number of rotatable bonds is 7. The molecule has 1 aliphatic heterocycles. The number of carboxylic acids is 1. The molecule has 9 heteroatoms. The molecule has 1 N–H and O–H groups in total. The number of hydrogen-bond donors (Lipinski definition) is 1. The number of likely N-dealkylation sites (tertiary alicyclic amines) is 1. The van der Waals surface area contributed by atoms with Crippen LogP contribution in [-0.4, -0.2) is 56.3 Å². The third-order valence-corrected chi connectivity index (χ3v) is 5.07. The number of hydrogen-bond acceptors (Lipinski definition) is 5. The van der Waals surface area contributed by atoms with Crippen LogP contribution in [0.4, 0.5) is 0 Å². The molecule has 0 aliphatic carbocycles. The van der Waals surface area contributed by atoms with Gasteiger partial charge in [-0.05, 0) is 37.1 Å². The van der Waals surface area contributed by atoms with Gasteiger partial charge in [0.2, 0.25) is 5.91 Å². The van der Waals surface area contributed by atoms with Crippen LogP contribution in [0.3, 0.4) is 0 Å². The quantitative estimate of drug-likeness (QED) is 0.708. The summed E-state index contributed by atoms with van der Waals surface area (Å²) in [5, 5.41) is 8.93. The summed E-state index contributed by atoms with van der Waals surface area (Å²) in [6.45, 7) is 1.10. The molecule has 2 rings (SSSR count). The molecule has 1 saturated heterocycles. The highest BCUT2D eigenvalue weighted by Crippen LogP contribution is 2.18. The molecule has 0 radical (unpaired) electrons. The van der Waals surface area contributed by atoms with Gasteiger partial charge in [-0.15, -0.1) is 12.4 Å². The van der Waals surface area contributed by atoms with Crippen molar-refractivity contribution in [2.45, 2.75) is 24.2 Å².